The third-order valence-electron chi connectivity index (χ3n) is 4.16. The molecule has 0 aliphatic heterocycles. The number of halogens is 1. The highest BCUT2D eigenvalue weighted by Gasteiger charge is 2.13. The summed E-state index contributed by atoms with van der Waals surface area (Å²) in [7, 11) is 4.63. The number of nitrogens with zero attached hydrogens (tertiary/aromatic N) is 1. The number of rotatable bonds is 8. The summed E-state index contributed by atoms with van der Waals surface area (Å²) in [6.07, 6.45) is 1.38. The fourth-order valence-corrected chi connectivity index (χ4v) is 2.78. The summed E-state index contributed by atoms with van der Waals surface area (Å²) in [4.78, 5) is 12.4. The van der Waals surface area contributed by atoms with Crippen LogP contribution in [0.3, 0.4) is 0 Å². The maximum Gasteiger partial charge on any atom is 0.267 e. The Morgan fingerprint density at radius 3 is 2.31 bits per heavy atom. The minimum atomic E-state index is -0.555. The van der Waals surface area contributed by atoms with Gasteiger partial charge in [0.15, 0.2) is 11.5 Å². The normalized spacial score (nSPS) is 11.8. The summed E-state index contributed by atoms with van der Waals surface area (Å²) in [6.45, 7) is 1.90. The van der Waals surface area contributed by atoms with Crippen LogP contribution in [0, 0.1) is 11.3 Å². The van der Waals surface area contributed by atoms with Crippen LogP contribution in [0.4, 0.5) is 5.69 Å². The first kappa shape index (κ1) is 21.9. The van der Waals surface area contributed by atoms with Crippen molar-refractivity contribution in [3.63, 3.8) is 0 Å². The van der Waals surface area contributed by atoms with E-state index in [1.165, 1.54) is 13.3 Å². The summed E-state index contributed by atoms with van der Waals surface area (Å²) < 4.78 is 15.6. The Kier molecular flexibility index (Phi) is 7.75. The van der Waals surface area contributed by atoms with E-state index in [9.17, 15) is 10.1 Å². The van der Waals surface area contributed by atoms with Gasteiger partial charge in [-0.15, -0.1) is 0 Å². The van der Waals surface area contributed by atoms with E-state index in [2.05, 4.69) is 10.6 Å². The van der Waals surface area contributed by atoms with Crippen molar-refractivity contribution in [2.24, 2.45) is 0 Å². The second-order valence-corrected chi connectivity index (χ2v) is 6.38. The highest BCUT2D eigenvalue weighted by Crippen LogP contribution is 2.30. The highest BCUT2D eigenvalue weighted by atomic mass is 35.5. The molecule has 0 radical (unpaired) electrons. The highest BCUT2D eigenvalue weighted by molar-refractivity contribution is 6.32. The van der Waals surface area contributed by atoms with Crippen LogP contribution in [0.25, 0.3) is 0 Å². The lowest BCUT2D eigenvalue weighted by atomic mass is 10.1. The maximum absolute atomic E-state index is 12.4. The zero-order chi connectivity index (χ0) is 21.4. The quantitative estimate of drug-likeness (QED) is 0.499. The fourth-order valence-electron chi connectivity index (χ4n) is 2.52. The molecule has 0 aromatic heterocycles. The van der Waals surface area contributed by atoms with Crippen LogP contribution in [-0.4, -0.2) is 27.2 Å². The number of carbonyl (C=O) groups is 1. The van der Waals surface area contributed by atoms with Gasteiger partial charge < -0.3 is 24.8 Å². The Bertz CT molecular complexity index is 953. The second-order valence-electron chi connectivity index (χ2n) is 5.98. The average molecular weight is 416 g/mol. The van der Waals surface area contributed by atoms with Crippen LogP contribution in [-0.2, 0) is 4.79 Å². The van der Waals surface area contributed by atoms with Gasteiger partial charge in [0.2, 0.25) is 0 Å². The van der Waals surface area contributed by atoms with E-state index in [4.69, 9.17) is 25.8 Å². The summed E-state index contributed by atoms with van der Waals surface area (Å²) in [5.41, 5.74) is 1.28. The summed E-state index contributed by atoms with van der Waals surface area (Å²) >= 11 is 6.06. The minimum absolute atomic E-state index is 0.0794. The largest absolute Gasteiger partial charge is 0.495 e. The van der Waals surface area contributed by atoms with E-state index < -0.39 is 5.91 Å². The third kappa shape index (κ3) is 5.56. The van der Waals surface area contributed by atoms with Crippen molar-refractivity contribution in [2.75, 3.05) is 26.6 Å². The number of benzene rings is 2. The van der Waals surface area contributed by atoms with Gasteiger partial charge in [-0.25, -0.2) is 0 Å². The zero-order valence-corrected chi connectivity index (χ0v) is 17.3. The Morgan fingerprint density at radius 2 is 1.72 bits per heavy atom. The zero-order valence-electron chi connectivity index (χ0n) is 16.6. The molecule has 1 atom stereocenters. The van der Waals surface area contributed by atoms with E-state index >= 15 is 0 Å². The van der Waals surface area contributed by atoms with Crippen LogP contribution in [0.5, 0.6) is 17.2 Å². The Labute approximate surface area is 174 Å². The number of nitrogens with one attached hydrogen (secondary N) is 2. The molecule has 0 heterocycles. The number of hydrogen-bond donors (Lipinski definition) is 2. The van der Waals surface area contributed by atoms with Crippen LogP contribution < -0.4 is 24.8 Å². The predicted octanol–water partition coefficient (Wildman–Crippen LogP) is 4.06. The number of hydrogen-bond acceptors (Lipinski definition) is 6. The molecule has 7 nitrogen and oxygen atoms in total. The number of carbonyl (C=O) groups excluding carboxylic acids is 1. The van der Waals surface area contributed by atoms with Crippen LogP contribution in [0.2, 0.25) is 5.02 Å². The first-order chi connectivity index (χ1) is 13.9. The van der Waals surface area contributed by atoms with Crippen molar-refractivity contribution >= 4 is 23.2 Å². The molecule has 0 fully saturated rings. The molecule has 2 rings (SSSR count). The lowest BCUT2D eigenvalue weighted by Crippen LogP contribution is -2.18. The molecule has 0 saturated heterocycles. The van der Waals surface area contributed by atoms with Gasteiger partial charge >= 0.3 is 0 Å². The van der Waals surface area contributed by atoms with E-state index in [1.54, 1.807) is 38.5 Å². The van der Waals surface area contributed by atoms with Gasteiger partial charge in [0, 0.05) is 17.9 Å². The summed E-state index contributed by atoms with van der Waals surface area (Å²) in [5.74, 6) is 1.15. The number of methoxy groups -OCH3 is 3. The van der Waals surface area contributed by atoms with Gasteiger partial charge in [0.1, 0.15) is 17.4 Å². The van der Waals surface area contributed by atoms with Crippen LogP contribution in [0.1, 0.15) is 18.5 Å². The lowest BCUT2D eigenvalue weighted by molar-refractivity contribution is -0.112. The maximum atomic E-state index is 12.4. The van der Waals surface area contributed by atoms with Gasteiger partial charge in [-0.05, 0) is 42.8 Å². The Hall–Kier alpha value is -3.37. The van der Waals surface area contributed by atoms with E-state index in [0.717, 1.165) is 5.56 Å². The molecule has 2 N–H and O–H groups in total. The monoisotopic (exact) mass is 415 g/mol. The SMILES string of the molecule is COc1ccc(NC(=O)/C(C#N)=C\NC(C)c2ccc(OC)c(OC)c2)cc1Cl. The summed E-state index contributed by atoms with van der Waals surface area (Å²) in [6, 6.07) is 12.0. The van der Waals surface area contributed by atoms with Gasteiger partial charge in [-0.3, -0.25) is 4.79 Å². The molecule has 0 aliphatic carbocycles. The Morgan fingerprint density at radius 1 is 1.07 bits per heavy atom. The molecule has 0 bridgehead atoms. The van der Waals surface area contributed by atoms with Crippen molar-refractivity contribution in [1.82, 2.24) is 5.32 Å². The standard InChI is InChI=1S/C21H22ClN3O4/c1-13(14-5-7-19(28-3)20(9-14)29-4)24-12-15(11-23)21(26)25-16-6-8-18(27-2)17(22)10-16/h5-10,12-13,24H,1-4H3,(H,25,26)/b15-12-. The molecule has 1 amide bonds. The van der Waals surface area contributed by atoms with Crippen molar-refractivity contribution in [3.05, 3.63) is 58.8 Å². The first-order valence-electron chi connectivity index (χ1n) is 8.66. The van der Waals surface area contributed by atoms with Crippen molar-refractivity contribution < 1.29 is 19.0 Å². The average Bonchev–Trinajstić information content (AvgIpc) is 2.73. The number of anilines is 1. The van der Waals surface area contributed by atoms with Crippen LogP contribution >= 0.6 is 11.6 Å². The van der Waals surface area contributed by atoms with Crippen molar-refractivity contribution in [2.45, 2.75) is 13.0 Å². The second kappa shape index (κ2) is 10.2. The smallest absolute Gasteiger partial charge is 0.267 e. The van der Waals surface area contributed by atoms with E-state index in [-0.39, 0.29) is 11.6 Å². The molecule has 2 aromatic rings. The third-order valence-corrected chi connectivity index (χ3v) is 4.46. The molecule has 152 valence electrons. The molecule has 2 aromatic carbocycles. The molecule has 0 saturated carbocycles. The lowest BCUT2D eigenvalue weighted by Gasteiger charge is -2.15. The fraction of sp³-hybridized carbons (Fsp3) is 0.238. The number of amides is 1. The molecule has 8 heteroatoms. The van der Waals surface area contributed by atoms with Crippen LogP contribution in [0.15, 0.2) is 48.2 Å². The minimum Gasteiger partial charge on any atom is -0.495 e. The topological polar surface area (TPSA) is 92.6 Å². The van der Waals surface area contributed by atoms with E-state index in [0.29, 0.717) is 28.0 Å². The van der Waals surface area contributed by atoms with Gasteiger partial charge in [0.25, 0.3) is 5.91 Å². The first-order valence-corrected chi connectivity index (χ1v) is 9.04. The number of ether oxygens (including phenoxy) is 3. The predicted molar refractivity (Wildman–Crippen MR) is 111 cm³/mol. The molecular formula is C21H22ClN3O4. The van der Waals surface area contributed by atoms with Gasteiger partial charge in [-0.2, -0.15) is 5.26 Å². The van der Waals surface area contributed by atoms with Crippen molar-refractivity contribution in [1.29, 1.82) is 5.26 Å². The molecule has 1 unspecified atom stereocenters. The van der Waals surface area contributed by atoms with Gasteiger partial charge in [0.05, 0.1) is 26.4 Å². The van der Waals surface area contributed by atoms with E-state index in [1.807, 2.05) is 25.1 Å². The summed E-state index contributed by atoms with van der Waals surface area (Å²) in [5, 5.41) is 15.4. The molecule has 29 heavy (non-hydrogen) atoms. The molecular weight excluding hydrogens is 394 g/mol. The number of nitriles is 1. The molecule has 0 spiro atoms. The Balaban J connectivity index is 2.10. The van der Waals surface area contributed by atoms with Crippen molar-refractivity contribution in [3.8, 4) is 23.3 Å². The van der Waals surface area contributed by atoms with Gasteiger partial charge in [-0.1, -0.05) is 17.7 Å². The molecule has 0 aliphatic rings.